The summed E-state index contributed by atoms with van der Waals surface area (Å²) in [5.74, 6) is 0.691. The van der Waals surface area contributed by atoms with E-state index in [-0.39, 0.29) is 11.8 Å². The van der Waals surface area contributed by atoms with Crippen molar-refractivity contribution in [1.29, 1.82) is 0 Å². The molecule has 2 fully saturated rings. The van der Waals surface area contributed by atoms with Crippen LogP contribution in [0.4, 0.5) is 0 Å². The van der Waals surface area contributed by atoms with Crippen molar-refractivity contribution in [2.75, 3.05) is 5.75 Å². The van der Waals surface area contributed by atoms with Gasteiger partial charge in [-0.3, -0.25) is 0 Å². The van der Waals surface area contributed by atoms with Gasteiger partial charge >= 0.3 is 0 Å². The van der Waals surface area contributed by atoms with E-state index in [2.05, 4.69) is 0 Å². The zero-order valence-electron chi connectivity index (χ0n) is 12.2. The second-order valence-electron chi connectivity index (χ2n) is 6.48. The van der Waals surface area contributed by atoms with Crippen LogP contribution in [0.1, 0.15) is 49.8 Å². The summed E-state index contributed by atoms with van der Waals surface area (Å²) in [5.41, 5.74) is 8.70. The first kappa shape index (κ1) is 14.1. The van der Waals surface area contributed by atoms with Crippen LogP contribution in [0.5, 0.6) is 0 Å². The standard InChI is InChI=1S/C16H23NO2S/c1-3-20(18,19)14-9-12(6-5-11(14)2)15(17)13-10-16(13)7-4-8-16/h5-6,9,13,15H,3-4,7-8,10,17H2,1-2H3. The Morgan fingerprint density at radius 2 is 2.10 bits per heavy atom. The van der Waals surface area contributed by atoms with Crippen LogP contribution in [0.25, 0.3) is 0 Å². The molecular weight excluding hydrogens is 270 g/mol. The van der Waals surface area contributed by atoms with Crippen LogP contribution in [0.2, 0.25) is 0 Å². The Kier molecular flexibility index (Phi) is 3.22. The van der Waals surface area contributed by atoms with Crippen molar-refractivity contribution in [3.63, 3.8) is 0 Å². The largest absolute Gasteiger partial charge is 0.324 e. The number of hydrogen-bond acceptors (Lipinski definition) is 3. The van der Waals surface area contributed by atoms with E-state index >= 15 is 0 Å². The van der Waals surface area contributed by atoms with Crippen molar-refractivity contribution in [3.05, 3.63) is 29.3 Å². The minimum absolute atomic E-state index is 0.0123. The van der Waals surface area contributed by atoms with Gasteiger partial charge in [0.2, 0.25) is 0 Å². The first-order valence-electron chi connectivity index (χ1n) is 7.48. The molecule has 0 radical (unpaired) electrons. The highest BCUT2D eigenvalue weighted by Gasteiger charge is 2.59. The molecule has 0 bridgehead atoms. The van der Waals surface area contributed by atoms with Crippen molar-refractivity contribution in [3.8, 4) is 0 Å². The molecule has 2 N–H and O–H groups in total. The number of sulfone groups is 1. The van der Waals surface area contributed by atoms with Crippen LogP contribution < -0.4 is 5.73 Å². The number of aryl methyl sites for hydroxylation is 1. The minimum Gasteiger partial charge on any atom is -0.324 e. The summed E-state index contributed by atoms with van der Waals surface area (Å²) in [6.07, 6.45) is 5.15. The third-order valence-corrected chi connectivity index (χ3v) is 7.22. The molecule has 110 valence electrons. The molecule has 4 heteroatoms. The zero-order valence-corrected chi connectivity index (χ0v) is 13.0. The number of rotatable bonds is 4. The molecule has 0 saturated heterocycles. The van der Waals surface area contributed by atoms with Gasteiger partial charge in [0, 0.05) is 6.04 Å². The van der Waals surface area contributed by atoms with Gasteiger partial charge in [0.15, 0.2) is 9.84 Å². The maximum atomic E-state index is 12.1. The minimum atomic E-state index is -3.17. The Bertz CT molecular complexity index is 632. The zero-order chi connectivity index (χ0) is 14.5. The smallest absolute Gasteiger partial charge is 0.178 e. The van der Waals surface area contributed by atoms with Crippen LogP contribution in [-0.2, 0) is 9.84 Å². The third kappa shape index (κ3) is 2.09. The van der Waals surface area contributed by atoms with Gasteiger partial charge < -0.3 is 5.73 Å². The molecule has 3 nitrogen and oxygen atoms in total. The summed E-state index contributed by atoms with van der Waals surface area (Å²) in [6.45, 7) is 3.54. The summed E-state index contributed by atoms with van der Waals surface area (Å²) >= 11 is 0. The van der Waals surface area contributed by atoms with Gasteiger partial charge in [-0.05, 0) is 54.7 Å². The van der Waals surface area contributed by atoms with Gasteiger partial charge in [0.05, 0.1) is 10.6 Å². The molecule has 1 aromatic carbocycles. The highest BCUT2D eigenvalue weighted by molar-refractivity contribution is 7.91. The Morgan fingerprint density at radius 1 is 1.40 bits per heavy atom. The number of benzene rings is 1. The summed E-state index contributed by atoms with van der Waals surface area (Å²) in [4.78, 5) is 0.455. The van der Waals surface area contributed by atoms with E-state index in [0.717, 1.165) is 11.1 Å². The van der Waals surface area contributed by atoms with Crippen molar-refractivity contribution in [1.82, 2.24) is 0 Å². The Labute approximate surface area is 121 Å². The normalized spacial score (nSPS) is 25.2. The fraction of sp³-hybridized carbons (Fsp3) is 0.625. The van der Waals surface area contributed by atoms with Crippen LogP contribution in [0.15, 0.2) is 23.1 Å². The van der Waals surface area contributed by atoms with Crippen LogP contribution in [0, 0.1) is 18.3 Å². The molecule has 0 amide bonds. The first-order chi connectivity index (χ1) is 9.39. The lowest BCUT2D eigenvalue weighted by Gasteiger charge is -2.29. The van der Waals surface area contributed by atoms with E-state index in [4.69, 9.17) is 5.73 Å². The first-order valence-corrected chi connectivity index (χ1v) is 9.14. The van der Waals surface area contributed by atoms with E-state index in [1.807, 2.05) is 25.1 Å². The monoisotopic (exact) mass is 293 g/mol. The quantitative estimate of drug-likeness (QED) is 0.928. The van der Waals surface area contributed by atoms with Crippen LogP contribution >= 0.6 is 0 Å². The van der Waals surface area contributed by atoms with E-state index in [9.17, 15) is 8.42 Å². The van der Waals surface area contributed by atoms with Gasteiger partial charge in [-0.15, -0.1) is 0 Å². The topological polar surface area (TPSA) is 60.2 Å². The highest BCUT2D eigenvalue weighted by Crippen LogP contribution is 2.68. The van der Waals surface area contributed by atoms with Crippen molar-refractivity contribution in [2.45, 2.75) is 50.5 Å². The molecule has 2 atom stereocenters. The molecule has 2 unspecified atom stereocenters. The van der Waals surface area contributed by atoms with Gasteiger partial charge in [0.1, 0.15) is 0 Å². The maximum Gasteiger partial charge on any atom is 0.178 e. The molecular formula is C16H23NO2S. The summed E-state index contributed by atoms with van der Waals surface area (Å²) in [5, 5.41) is 0. The number of nitrogens with two attached hydrogens (primary N) is 1. The molecule has 2 aliphatic carbocycles. The van der Waals surface area contributed by atoms with Gasteiger partial charge in [-0.25, -0.2) is 8.42 Å². The molecule has 1 spiro atoms. The molecule has 0 aliphatic heterocycles. The lowest BCUT2D eigenvalue weighted by Crippen LogP contribution is -2.22. The van der Waals surface area contributed by atoms with E-state index in [1.165, 1.54) is 25.7 Å². The lowest BCUT2D eigenvalue weighted by molar-refractivity contribution is 0.246. The summed E-state index contributed by atoms with van der Waals surface area (Å²) < 4.78 is 24.3. The average molecular weight is 293 g/mol. The van der Waals surface area contributed by atoms with Gasteiger partial charge in [-0.2, -0.15) is 0 Å². The fourth-order valence-electron chi connectivity index (χ4n) is 3.64. The average Bonchev–Trinajstić information content (AvgIpc) is 3.14. The molecule has 0 heterocycles. The molecule has 2 aliphatic rings. The highest BCUT2D eigenvalue weighted by atomic mass is 32.2. The predicted octanol–water partition coefficient (Wildman–Crippen LogP) is 2.98. The molecule has 3 rings (SSSR count). The van der Waals surface area contributed by atoms with Crippen LogP contribution in [-0.4, -0.2) is 14.2 Å². The predicted molar refractivity (Wildman–Crippen MR) is 80.2 cm³/mol. The van der Waals surface area contributed by atoms with Gasteiger partial charge in [0.25, 0.3) is 0 Å². The molecule has 1 aromatic rings. The van der Waals surface area contributed by atoms with Crippen molar-refractivity contribution >= 4 is 9.84 Å². The third-order valence-electron chi connectivity index (χ3n) is 5.35. The SMILES string of the molecule is CCS(=O)(=O)c1cc(C(N)C2CC23CCC3)ccc1C. The Hall–Kier alpha value is -0.870. The molecule has 0 aromatic heterocycles. The second-order valence-corrected chi connectivity index (χ2v) is 8.73. The Morgan fingerprint density at radius 3 is 2.60 bits per heavy atom. The molecule has 20 heavy (non-hydrogen) atoms. The second kappa shape index (κ2) is 4.57. The maximum absolute atomic E-state index is 12.1. The Balaban J connectivity index is 1.90. The summed E-state index contributed by atoms with van der Waals surface area (Å²) in [7, 11) is -3.17. The van der Waals surface area contributed by atoms with Crippen LogP contribution in [0.3, 0.4) is 0 Å². The summed E-state index contributed by atoms with van der Waals surface area (Å²) in [6, 6.07) is 5.69. The van der Waals surface area contributed by atoms with E-state index < -0.39 is 9.84 Å². The number of hydrogen-bond donors (Lipinski definition) is 1. The fourth-order valence-corrected chi connectivity index (χ4v) is 4.82. The van der Waals surface area contributed by atoms with E-state index in [0.29, 0.717) is 16.2 Å². The van der Waals surface area contributed by atoms with Crippen molar-refractivity contribution in [2.24, 2.45) is 17.1 Å². The lowest BCUT2D eigenvalue weighted by atomic mass is 9.78. The van der Waals surface area contributed by atoms with Crippen molar-refractivity contribution < 1.29 is 8.42 Å². The van der Waals surface area contributed by atoms with Gasteiger partial charge in [-0.1, -0.05) is 25.5 Å². The molecule has 2 saturated carbocycles. The van der Waals surface area contributed by atoms with E-state index in [1.54, 1.807) is 6.92 Å².